The average molecular weight is 588 g/mol. The van der Waals surface area contributed by atoms with Crippen molar-refractivity contribution in [3.63, 3.8) is 0 Å². The van der Waals surface area contributed by atoms with Crippen LogP contribution in [-0.4, -0.2) is 49.9 Å². The number of ether oxygens (including phenoxy) is 1. The number of alkyl halides is 2. The van der Waals surface area contributed by atoms with Gasteiger partial charge in [0.05, 0.1) is 13.2 Å². The number of aliphatic hydroxyl groups is 1. The highest BCUT2D eigenvalue weighted by molar-refractivity contribution is 5.88. The number of nitriles is 2. The van der Waals surface area contributed by atoms with Gasteiger partial charge in [0.15, 0.2) is 6.23 Å². The fourth-order valence-electron chi connectivity index (χ4n) is 5.38. The van der Waals surface area contributed by atoms with Crippen molar-refractivity contribution in [1.29, 1.82) is 10.5 Å². The quantitative estimate of drug-likeness (QED) is 0.256. The Kier molecular flexibility index (Phi) is 6.87. The van der Waals surface area contributed by atoms with Crippen LogP contribution in [0.5, 0.6) is 5.75 Å². The van der Waals surface area contributed by atoms with Crippen molar-refractivity contribution in [2.75, 3.05) is 7.11 Å². The Bertz CT molecular complexity index is 1790. The number of hydrogen-bond acceptors (Lipinski definition) is 9. The maximum atomic E-state index is 14.1. The molecule has 0 aliphatic heterocycles. The van der Waals surface area contributed by atoms with Gasteiger partial charge in [-0.25, -0.2) is 18.4 Å². The Morgan fingerprint density at radius 3 is 2.47 bits per heavy atom. The van der Waals surface area contributed by atoms with Gasteiger partial charge in [-0.2, -0.15) is 10.5 Å². The fourth-order valence-corrected chi connectivity index (χ4v) is 5.38. The number of aromatic nitrogens is 3. The second kappa shape index (κ2) is 10.5. The van der Waals surface area contributed by atoms with E-state index in [4.69, 9.17) is 14.4 Å². The van der Waals surface area contributed by atoms with Gasteiger partial charge >= 0.3 is 0 Å². The molecular weight excluding hydrogens is 560 g/mol. The summed E-state index contributed by atoms with van der Waals surface area (Å²) in [4.78, 5) is 17.3. The van der Waals surface area contributed by atoms with Crippen LogP contribution in [0.2, 0.25) is 0 Å². The molecule has 4 aromatic rings. The maximum absolute atomic E-state index is 14.1. The van der Waals surface area contributed by atoms with Gasteiger partial charge in [-0.05, 0) is 61.1 Å². The van der Waals surface area contributed by atoms with E-state index in [-0.39, 0.29) is 24.4 Å². The Hall–Kier alpha value is -4.85. The first-order valence-corrected chi connectivity index (χ1v) is 13.7. The lowest BCUT2D eigenvalue weighted by molar-refractivity contribution is -0.137. The summed E-state index contributed by atoms with van der Waals surface area (Å²) in [6, 6.07) is 16.5. The first-order chi connectivity index (χ1) is 20.6. The van der Waals surface area contributed by atoms with Crippen LogP contribution in [0.15, 0.2) is 53.2 Å². The van der Waals surface area contributed by atoms with E-state index in [1.807, 2.05) is 24.3 Å². The number of fused-ring (bicyclic) bond motifs is 1. The molecule has 2 aliphatic carbocycles. The van der Waals surface area contributed by atoms with E-state index in [9.17, 15) is 23.9 Å². The summed E-state index contributed by atoms with van der Waals surface area (Å²) in [6.45, 7) is 0. The summed E-state index contributed by atoms with van der Waals surface area (Å²) >= 11 is 0. The first-order valence-electron chi connectivity index (χ1n) is 13.7. The third kappa shape index (κ3) is 5.41. The molecule has 0 saturated heterocycles. The summed E-state index contributed by atoms with van der Waals surface area (Å²) in [5, 5.41) is 39.9. The maximum Gasteiger partial charge on any atom is 0.252 e. The Balaban J connectivity index is 1.25. The molecule has 220 valence electrons. The number of nitrogens with one attached hydrogen (secondary N) is 2. The number of methoxy groups -OCH3 is 1. The zero-order chi connectivity index (χ0) is 30.4. The highest BCUT2D eigenvalue weighted by Gasteiger charge is 2.53. The van der Waals surface area contributed by atoms with Gasteiger partial charge in [0.1, 0.15) is 46.3 Å². The van der Waals surface area contributed by atoms with E-state index in [2.05, 4.69) is 26.8 Å². The molecule has 0 spiro atoms. The predicted octanol–water partition coefficient (Wildman–Crippen LogP) is 4.26. The van der Waals surface area contributed by atoms with Crippen molar-refractivity contribution in [2.45, 2.75) is 61.8 Å². The Morgan fingerprint density at radius 1 is 1.09 bits per heavy atom. The van der Waals surface area contributed by atoms with Crippen LogP contribution < -0.4 is 15.4 Å². The van der Waals surface area contributed by atoms with E-state index in [1.165, 1.54) is 18.1 Å². The SMILES string of the molecule is COc1cc(-c2ccc3cc(C(O)NC4(C(=O)NC5(C#N)CC5)CCC(F)(F)CC4)oc3c2)ccc1-n1cnc(C#N)n1. The number of furan rings is 1. The highest BCUT2D eigenvalue weighted by atomic mass is 19.3. The van der Waals surface area contributed by atoms with E-state index >= 15 is 0 Å². The monoisotopic (exact) mass is 587 g/mol. The van der Waals surface area contributed by atoms with Gasteiger partial charge in [0.25, 0.3) is 5.82 Å². The molecule has 6 rings (SSSR count). The molecule has 13 heteroatoms. The molecule has 11 nitrogen and oxygen atoms in total. The molecular formula is C30H27F2N7O4. The normalized spacial score (nSPS) is 18.7. The highest BCUT2D eigenvalue weighted by Crippen LogP contribution is 2.42. The van der Waals surface area contributed by atoms with Crippen LogP contribution in [0.3, 0.4) is 0 Å². The number of halogens is 2. The fraction of sp³-hybridized carbons (Fsp3) is 0.367. The van der Waals surface area contributed by atoms with Gasteiger partial charge < -0.3 is 19.6 Å². The molecule has 2 fully saturated rings. The Morgan fingerprint density at radius 2 is 1.81 bits per heavy atom. The van der Waals surface area contributed by atoms with Crippen molar-refractivity contribution < 1.29 is 27.8 Å². The van der Waals surface area contributed by atoms with E-state index < -0.39 is 42.0 Å². The molecule has 1 atom stereocenters. The largest absolute Gasteiger partial charge is 0.494 e. The minimum Gasteiger partial charge on any atom is -0.494 e. The third-order valence-corrected chi connectivity index (χ3v) is 8.16. The van der Waals surface area contributed by atoms with Crippen molar-refractivity contribution >= 4 is 16.9 Å². The number of carbonyl (C=O) groups excluding carboxylic acids is 1. The number of hydrogen-bond donors (Lipinski definition) is 3. The zero-order valence-electron chi connectivity index (χ0n) is 23.1. The van der Waals surface area contributed by atoms with Crippen LogP contribution in [0.1, 0.15) is 56.3 Å². The van der Waals surface area contributed by atoms with Crippen LogP contribution in [0, 0.1) is 22.7 Å². The molecule has 1 amide bonds. The van der Waals surface area contributed by atoms with Crippen LogP contribution in [0.25, 0.3) is 27.8 Å². The molecule has 0 bridgehead atoms. The van der Waals surface area contributed by atoms with Gasteiger partial charge in [0, 0.05) is 18.2 Å². The summed E-state index contributed by atoms with van der Waals surface area (Å²) in [7, 11) is 1.52. The van der Waals surface area contributed by atoms with Crippen molar-refractivity contribution in [3.05, 3.63) is 60.4 Å². The van der Waals surface area contributed by atoms with Gasteiger partial charge in [-0.3, -0.25) is 10.1 Å². The van der Waals surface area contributed by atoms with Crippen LogP contribution in [-0.2, 0) is 4.79 Å². The summed E-state index contributed by atoms with van der Waals surface area (Å²) in [5.74, 6) is -2.84. The van der Waals surface area contributed by atoms with Gasteiger partial charge in [0.2, 0.25) is 11.8 Å². The molecule has 2 saturated carbocycles. The van der Waals surface area contributed by atoms with Crippen molar-refractivity contribution in [1.82, 2.24) is 25.4 Å². The van der Waals surface area contributed by atoms with Crippen LogP contribution >= 0.6 is 0 Å². The van der Waals surface area contributed by atoms with Crippen molar-refractivity contribution in [2.24, 2.45) is 0 Å². The standard InChI is InChI=1S/C30H27F2N7O4/c1-42-23-13-19(4-5-21(23)39-17-35-25(15-33)38-39)18-2-3-20-14-24(43-22(20)12-18)26(40)36-29(8-10-30(31,32)11-9-29)27(41)37-28(16-34)6-7-28/h2-5,12-14,17,26,36,40H,6-11H2,1H3,(H,37,41). The molecule has 2 aromatic heterocycles. The number of benzene rings is 2. The molecule has 43 heavy (non-hydrogen) atoms. The van der Waals surface area contributed by atoms with Crippen LogP contribution in [0.4, 0.5) is 8.78 Å². The average Bonchev–Trinajstić information content (AvgIpc) is 3.40. The molecule has 2 heterocycles. The topological polar surface area (TPSA) is 162 Å². The lowest BCUT2D eigenvalue weighted by Gasteiger charge is -2.41. The molecule has 3 N–H and O–H groups in total. The number of aliphatic hydroxyl groups excluding tert-OH is 1. The van der Waals surface area contributed by atoms with E-state index in [0.29, 0.717) is 35.2 Å². The van der Waals surface area contributed by atoms with Gasteiger partial charge in [-0.15, -0.1) is 5.10 Å². The smallest absolute Gasteiger partial charge is 0.252 e. The molecule has 0 radical (unpaired) electrons. The number of nitrogens with zero attached hydrogens (tertiary/aromatic N) is 5. The molecule has 2 aliphatic rings. The molecule has 1 unspecified atom stereocenters. The summed E-state index contributed by atoms with van der Waals surface area (Å²) < 4.78 is 41.1. The molecule has 2 aromatic carbocycles. The second-order valence-corrected chi connectivity index (χ2v) is 11.0. The van der Waals surface area contributed by atoms with E-state index in [0.717, 1.165) is 11.1 Å². The minimum absolute atomic E-state index is 0.0313. The second-order valence-electron chi connectivity index (χ2n) is 11.0. The predicted molar refractivity (Wildman–Crippen MR) is 148 cm³/mol. The van der Waals surface area contributed by atoms with Gasteiger partial charge in [-0.1, -0.05) is 18.2 Å². The zero-order valence-corrected chi connectivity index (χ0v) is 23.1. The lowest BCUT2D eigenvalue weighted by Crippen LogP contribution is -2.62. The minimum atomic E-state index is -2.91. The van der Waals surface area contributed by atoms with Crippen molar-refractivity contribution in [3.8, 4) is 34.7 Å². The first kappa shape index (κ1) is 28.3. The third-order valence-electron chi connectivity index (χ3n) is 8.16. The number of carbonyl (C=O) groups is 1. The summed E-state index contributed by atoms with van der Waals surface area (Å²) in [5.41, 5.74) is 0.160. The number of amides is 1. The lowest BCUT2D eigenvalue weighted by atomic mass is 9.78. The number of rotatable bonds is 8. The Labute approximate surface area is 244 Å². The van der Waals surface area contributed by atoms with E-state index in [1.54, 1.807) is 24.3 Å². The summed E-state index contributed by atoms with van der Waals surface area (Å²) in [6.07, 6.45) is -0.528.